The van der Waals surface area contributed by atoms with E-state index in [0.717, 1.165) is 13.0 Å². The molecule has 6 heavy (non-hydrogen) atoms. The topological polar surface area (TPSA) is 25.5 Å². The van der Waals surface area contributed by atoms with Crippen LogP contribution < -0.4 is 5.84 Å². The second kappa shape index (κ2) is 1.30. The number of hydrogen-bond acceptors (Lipinski definition) is 1. The summed E-state index contributed by atoms with van der Waals surface area (Å²) in [5.41, 5.74) is 0. The first-order chi connectivity index (χ1) is 2.89. The van der Waals surface area contributed by atoms with E-state index in [2.05, 4.69) is 0 Å². The maximum Gasteiger partial charge on any atom is 0.0405 e. The molecule has 0 spiro atoms. The van der Waals surface area contributed by atoms with Gasteiger partial charge < -0.3 is 0 Å². The highest BCUT2D eigenvalue weighted by Crippen LogP contribution is 1.96. The molecular formula is C4H6N2. The number of hydrogen-bond donors (Lipinski definition) is 0. The minimum absolute atomic E-state index is 0.764. The zero-order chi connectivity index (χ0) is 4.41. The molecule has 1 aliphatic heterocycles. The highest BCUT2D eigenvalue weighted by molar-refractivity contribution is 4.87. The second-order valence-corrected chi connectivity index (χ2v) is 1.34. The number of nitrogens with zero attached hydrogens (tertiary/aromatic N) is 2. The van der Waals surface area contributed by atoms with Crippen LogP contribution in [-0.4, -0.2) is 11.6 Å². The first-order valence-electron chi connectivity index (χ1n) is 2.02. The average molecular weight is 82.1 g/mol. The van der Waals surface area contributed by atoms with Gasteiger partial charge in [0.05, 0.1) is 0 Å². The molecule has 0 saturated heterocycles. The Labute approximate surface area is 37.2 Å². The van der Waals surface area contributed by atoms with Gasteiger partial charge in [-0.2, -0.15) is 0 Å². The van der Waals surface area contributed by atoms with Gasteiger partial charge in [0.1, 0.15) is 0 Å². The third-order valence-electron chi connectivity index (χ3n) is 0.802. The largest absolute Gasteiger partial charge is 0.280 e. The summed E-state index contributed by atoms with van der Waals surface area (Å²) >= 11 is 0. The maximum atomic E-state index is 8.48. The standard InChI is InChI=1S/C4H6N2/c5-6-3-1-2-4-6/h1,3H,2,4H2. The molecule has 0 amide bonds. The van der Waals surface area contributed by atoms with Crippen LogP contribution in [0, 0.1) is 0 Å². The normalized spacial score (nSPS) is 19.8. The molecule has 2 heteroatoms. The molecule has 0 aliphatic carbocycles. The van der Waals surface area contributed by atoms with Crippen LogP contribution in [0.25, 0.3) is 0 Å². The Morgan fingerprint density at radius 1 is 1.67 bits per heavy atom. The molecule has 1 heterocycles. The lowest BCUT2D eigenvalue weighted by atomic mass is 10.5. The lowest BCUT2D eigenvalue weighted by Crippen LogP contribution is -2.08. The molecule has 32 valence electrons. The van der Waals surface area contributed by atoms with Crippen LogP contribution in [-0.2, 0) is 0 Å². The van der Waals surface area contributed by atoms with Crippen molar-refractivity contribution in [1.29, 1.82) is 0 Å². The summed E-state index contributed by atoms with van der Waals surface area (Å²) in [5.74, 6) is 8.48. The van der Waals surface area contributed by atoms with E-state index in [-0.39, 0.29) is 0 Å². The maximum absolute atomic E-state index is 8.48. The molecule has 0 saturated carbocycles. The van der Waals surface area contributed by atoms with Crippen molar-refractivity contribution in [3.05, 3.63) is 12.3 Å². The van der Waals surface area contributed by atoms with E-state index < -0.39 is 0 Å². The molecule has 2 radical (unpaired) electrons. The molecule has 1 rings (SSSR count). The van der Waals surface area contributed by atoms with Gasteiger partial charge in [0.2, 0.25) is 0 Å². The van der Waals surface area contributed by atoms with Gasteiger partial charge in [-0.05, 0) is 12.3 Å². The van der Waals surface area contributed by atoms with E-state index in [1.807, 2.05) is 6.08 Å². The summed E-state index contributed by atoms with van der Waals surface area (Å²) in [6.45, 7) is 0.764. The summed E-state index contributed by atoms with van der Waals surface area (Å²) in [7, 11) is 0. The minimum atomic E-state index is 0.764. The Morgan fingerprint density at radius 2 is 2.50 bits per heavy atom. The fourth-order valence-corrected chi connectivity index (χ4v) is 0.478. The first kappa shape index (κ1) is 3.68. The lowest BCUT2D eigenvalue weighted by molar-refractivity contribution is 0.405. The van der Waals surface area contributed by atoms with Crippen LogP contribution in [0.3, 0.4) is 0 Å². The van der Waals surface area contributed by atoms with Crippen molar-refractivity contribution in [2.75, 3.05) is 6.54 Å². The first-order valence-corrected chi connectivity index (χ1v) is 2.02. The van der Waals surface area contributed by atoms with E-state index in [9.17, 15) is 0 Å². The molecule has 0 aromatic heterocycles. The van der Waals surface area contributed by atoms with Crippen LogP contribution in [0.2, 0.25) is 0 Å². The zero-order valence-corrected chi connectivity index (χ0v) is 3.46. The van der Waals surface area contributed by atoms with Crippen molar-refractivity contribution >= 4 is 0 Å². The highest BCUT2D eigenvalue weighted by atomic mass is 15.4. The Morgan fingerprint density at radius 3 is 2.67 bits per heavy atom. The number of rotatable bonds is 0. The molecule has 0 aromatic carbocycles. The van der Waals surface area contributed by atoms with Crippen molar-refractivity contribution in [1.82, 2.24) is 10.9 Å². The Kier molecular flexibility index (Phi) is 0.801. The molecule has 0 unspecified atom stereocenters. The smallest absolute Gasteiger partial charge is 0.0405 e. The lowest BCUT2D eigenvalue weighted by Gasteiger charge is -1.96. The molecule has 0 fully saturated rings. The second-order valence-electron chi connectivity index (χ2n) is 1.34. The van der Waals surface area contributed by atoms with Crippen LogP contribution in [0.1, 0.15) is 6.42 Å². The van der Waals surface area contributed by atoms with Crippen molar-refractivity contribution in [3.8, 4) is 0 Å². The third kappa shape index (κ3) is 0.518. The SMILES string of the molecule is [N]N1C=CCC1. The summed E-state index contributed by atoms with van der Waals surface area (Å²) in [6.07, 6.45) is 4.58. The van der Waals surface area contributed by atoms with Gasteiger partial charge in [-0.25, -0.2) is 0 Å². The van der Waals surface area contributed by atoms with Crippen LogP contribution in [0.5, 0.6) is 0 Å². The van der Waals surface area contributed by atoms with Crippen LogP contribution >= 0.6 is 0 Å². The van der Waals surface area contributed by atoms with E-state index in [1.165, 1.54) is 5.01 Å². The van der Waals surface area contributed by atoms with Crippen molar-refractivity contribution in [2.24, 2.45) is 0 Å². The van der Waals surface area contributed by atoms with Crippen molar-refractivity contribution in [2.45, 2.75) is 6.42 Å². The van der Waals surface area contributed by atoms with Gasteiger partial charge in [-0.3, -0.25) is 5.01 Å². The van der Waals surface area contributed by atoms with Gasteiger partial charge in [-0.15, -0.1) is 0 Å². The zero-order valence-electron chi connectivity index (χ0n) is 3.46. The molecule has 2 nitrogen and oxygen atoms in total. The summed E-state index contributed by atoms with van der Waals surface area (Å²) in [4.78, 5) is 0. The molecule has 0 atom stereocenters. The van der Waals surface area contributed by atoms with Crippen molar-refractivity contribution in [3.63, 3.8) is 0 Å². The summed E-state index contributed by atoms with van der Waals surface area (Å²) in [6, 6.07) is 0. The molecule has 0 N–H and O–H groups in total. The Hall–Kier alpha value is -0.500. The van der Waals surface area contributed by atoms with Crippen LogP contribution in [0.4, 0.5) is 0 Å². The fraction of sp³-hybridized carbons (Fsp3) is 0.500. The summed E-state index contributed by atoms with van der Waals surface area (Å²) in [5, 5.41) is 1.18. The molecule has 0 aromatic rings. The van der Waals surface area contributed by atoms with E-state index in [4.69, 9.17) is 5.84 Å². The predicted molar refractivity (Wildman–Crippen MR) is 22.6 cm³/mol. The third-order valence-corrected chi connectivity index (χ3v) is 0.802. The van der Waals surface area contributed by atoms with Gasteiger partial charge in [0, 0.05) is 12.7 Å². The molecule has 1 aliphatic rings. The predicted octanol–water partition coefficient (Wildman–Crippen LogP) is 0.190. The van der Waals surface area contributed by atoms with Crippen molar-refractivity contribution < 1.29 is 0 Å². The Balaban J connectivity index is 2.38. The van der Waals surface area contributed by atoms with Gasteiger partial charge in [0.25, 0.3) is 0 Å². The Bertz CT molecular complexity index is 67.9. The van der Waals surface area contributed by atoms with Gasteiger partial charge in [-0.1, -0.05) is 6.08 Å². The summed E-state index contributed by atoms with van der Waals surface area (Å²) < 4.78 is 0. The van der Waals surface area contributed by atoms with E-state index in [1.54, 1.807) is 6.20 Å². The fourth-order valence-electron chi connectivity index (χ4n) is 0.478. The quantitative estimate of drug-likeness (QED) is 0.409. The average Bonchev–Trinajstić information content (AvgIpc) is 1.86. The molecule has 0 bridgehead atoms. The highest BCUT2D eigenvalue weighted by Gasteiger charge is 1.96. The van der Waals surface area contributed by atoms with Gasteiger partial charge in [0.15, 0.2) is 0 Å². The van der Waals surface area contributed by atoms with E-state index in [0.29, 0.717) is 0 Å². The minimum Gasteiger partial charge on any atom is -0.280 e. The monoisotopic (exact) mass is 82.1 g/mol. The van der Waals surface area contributed by atoms with E-state index >= 15 is 0 Å². The van der Waals surface area contributed by atoms with Crippen LogP contribution in [0.15, 0.2) is 12.3 Å². The molecular weight excluding hydrogens is 76.1 g/mol. The van der Waals surface area contributed by atoms with Gasteiger partial charge >= 0.3 is 0 Å².